The van der Waals surface area contributed by atoms with E-state index in [4.69, 9.17) is 4.42 Å². The molecule has 0 fully saturated rings. The molecule has 0 radical (unpaired) electrons. The van der Waals surface area contributed by atoms with Crippen molar-refractivity contribution in [2.24, 2.45) is 5.92 Å². The molecule has 2 aromatic rings. The summed E-state index contributed by atoms with van der Waals surface area (Å²) in [7, 11) is 0. The Labute approximate surface area is 125 Å². The van der Waals surface area contributed by atoms with Crippen LogP contribution in [0.3, 0.4) is 0 Å². The van der Waals surface area contributed by atoms with Crippen molar-refractivity contribution < 1.29 is 9.21 Å². The molecule has 0 spiro atoms. The van der Waals surface area contributed by atoms with E-state index in [0.717, 1.165) is 12.0 Å². The molecule has 0 unspecified atom stereocenters. The Bertz CT molecular complexity index is 583. The number of hydrogen-bond donors (Lipinski definition) is 1. The van der Waals surface area contributed by atoms with E-state index in [1.165, 1.54) is 0 Å². The summed E-state index contributed by atoms with van der Waals surface area (Å²) in [4.78, 5) is 12.4. The topological polar surface area (TPSA) is 42.2 Å². The fraction of sp³-hybridized carbons (Fsp3) is 0.278. The van der Waals surface area contributed by atoms with Gasteiger partial charge in [-0.3, -0.25) is 4.79 Å². The monoisotopic (exact) mass is 283 g/mol. The van der Waals surface area contributed by atoms with E-state index in [9.17, 15) is 4.79 Å². The standard InChI is InChI=1S/C18H21NO2/c1-14(2)10-11-19-18(20)17(13-16-9-6-12-21-16)15-7-4-3-5-8-15/h3-9,12-14H,10-11H2,1-2H3,(H,19,20)/b17-13-. The van der Waals surface area contributed by atoms with Gasteiger partial charge in [0.25, 0.3) is 5.91 Å². The normalized spacial score (nSPS) is 11.7. The molecule has 21 heavy (non-hydrogen) atoms. The first-order valence-electron chi connectivity index (χ1n) is 7.25. The predicted molar refractivity (Wildman–Crippen MR) is 85.5 cm³/mol. The molecule has 0 saturated heterocycles. The summed E-state index contributed by atoms with van der Waals surface area (Å²) in [6.07, 6.45) is 4.35. The number of carbonyl (C=O) groups excluding carboxylic acids is 1. The largest absolute Gasteiger partial charge is 0.465 e. The third kappa shape index (κ3) is 4.63. The Hall–Kier alpha value is -2.29. The van der Waals surface area contributed by atoms with Crippen LogP contribution >= 0.6 is 0 Å². The van der Waals surface area contributed by atoms with Crippen LogP contribution in [0.25, 0.3) is 11.6 Å². The van der Waals surface area contributed by atoms with Gasteiger partial charge < -0.3 is 9.73 Å². The molecule has 3 nitrogen and oxygen atoms in total. The van der Waals surface area contributed by atoms with E-state index in [1.54, 1.807) is 12.3 Å². The van der Waals surface area contributed by atoms with E-state index in [2.05, 4.69) is 19.2 Å². The van der Waals surface area contributed by atoms with Crippen LogP contribution < -0.4 is 5.32 Å². The Morgan fingerprint density at radius 2 is 1.95 bits per heavy atom. The summed E-state index contributed by atoms with van der Waals surface area (Å²) < 4.78 is 5.32. The minimum Gasteiger partial charge on any atom is -0.465 e. The van der Waals surface area contributed by atoms with Crippen LogP contribution in [-0.4, -0.2) is 12.5 Å². The van der Waals surface area contributed by atoms with Crippen molar-refractivity contribution in [2.75, 3.05) is 6.54 Å². The van der Waals surface area contributed by atoms with Crippen molar-refractivity contribution in [1.82, 2.24) is 5.32 Å². The second kappa shape index (κ2) is 7.48. The molecule has 1 heterocycles. The van der Waals surface area contributed by atoms with Gasteiger partial charge >= 0.3 is 0 Å². The van der Waals surface area contributed by atoms with Gasteiger partial charge in [-0.25, -0.2) is 0 Å². The van der Waals surface area contributed by atoms with Gasteiger partial charge in [-0.05, 0) is 36.1 Å². The van der Waals surface area contributed by atoms with Crippen molar-refractivity contribution in [2.45, 2.75) is 20.3 Å². The lowest BCUT2D eigenvalue weighted by Crippen LogP contribution is -2.26. The Kier molecular flexibility index (Phi) is 5.38. The van der Waals surface area contributed by atoms with Crippen LogP contribution in [-0.2, 0) is 4.79 Å². The van der Waals surface area contributed by atoms with Gasteiger partial charge in [0.15, 0.2) is 0 Å². The lowest BCUT2D eigenvalue weighted by Gasteiger charge is -2.10. The highest BCUT2D eigenvalue weighted by Gasteiger charge is 2.12. The van der Waals surface area contributed by atoms with Gasteiger partial charge in [0, 0.05) is 6.54 Å². The molecule has 0 aliphatic heterocycles. The predicted octanol–water partition coefficient (Wildman–Crippen LogP) is 3.98. The minimum absolute atomic E-state index is 0.0711. The van der Waals surface area contributed by atoms with Crippen LogP contribution in [0, 0.1) is 5.92 Å². The number of amides is 1. The van der Waals surface area contributed by atoms with Gasteiger partial charge in [-0.15, -0.1) is 0 Å². The van der Waals surface area contributed by atoms with E-state index in [1.807, 2.05) is 42.5 Å². The summed E-state index contributed by atoms with van der Waals surface area (Å²) in [5.74, 6) is 1.17. The third-order valence-electron chi connectivity index (χ3n) is 3.17. The van der Waals surface area contributed by atoms with Crippen molar-refractivity contribution in [3.63, 3.8) is 0 Å². The highest BCUT2D eigenvalue weighted by Crippen LogP contribution is 2.18. The molecule has 0 aliphatic carbocycles. The molecule has 1 aromatic carbocycles. The Balaban J connectivity index is 2.18. The number of nitrogens with one attached hydrogen (secondary N) is 1. The Morgan fingerprint density at radius 1 is 1.19 bits per heavy atom. The first-order valence-corrected chi connectivity index (χ1v) is 7.25. The highest BCUT2D eigenvalue weighted by atomic mass is 16.3. The summed E-state index contributed by atoms with van der Waals surface area (Å²) in [6, 6.07) is 13.3. The first kappa shape index (κ1) is 15.1. The Morgan fingerprint density at radius 3 is 2.57 bits per heavy atom. The molecule has 1 aromatic heterocycles. The number of rotatable bonds is 6. The van der Waals surface area contributed by atoms with Crippen LogP contribution in [0.1, 0.15) is 31.6 Å². The van der Waals surface area contributed by atoms with Gasteiger partial charge in [-0.1, -0.05) is 44.2 Å². The number of carbonyl (C=O) groups is 1. The minimum atomic E-state index is -0.0711. The second-order valence-electron chi connectivity index (χ2n) is 5.38. The number of benzene rings is 1. The van der Waals surface area contributed by atoms with Crippen LogP contribution in [0.2, 0.25) is 0 Å². The SMILES string of the molecule is CC(C)CCNC(=O)/C(=C\c1ccco1)c1ccccc1. The fourth-order valence-electron chi connectivity index (χ4n) is 1.98. The quantitative estimate of drug-likeness (QED) is 0.815. The molecule has 110 valence electrons. The zero-order valence-electron chi connectivity index (χ0n) is 12.5. The van der Waals surface area contributed by atoms with Crippen molar-refractivity contribution >= 4 is 17.6 Å². The maximum Gasteiger partial charge on any atom is 0.252 e. The zero-order valence-corrected chi connectivity index (χ0v) is 12.5. The molecule has 0 aliphatic rings. The lowest BCUT2D eigenvalue weighted by molar-refractivity contribution is -0.115. The molecule has 1 N–H and O–H groups in total. The molecule has 3 heteroatoms. The first-order chi connectivity index (χ1) is 10.2. The molecular formula is C18H21NO2. The maximum absolute atomic E-state index is 12.4. The second-order valence-corrected chi connectivity index (χ2v) is 5.38. The lowest BCUT2D eigenvalue weighted by atomic mass is 10.0. The van der Waals surface area contributed by atoms with E-state index < -0.39 is 0 Å². The van der Waals surface area contributed by atoms with E-state index >= 15 is 0 Å². The summed E-state index contributed by atoms with van der Waals surface area (Å²) in [5, 5.41) is 2.98. The van der Waals surface area contributed by atoms with Gasteiger partial charge in [0.2, 0.25) is 0 Å². The fourth-order valence-corrected chi connectivity index (χ4v) is 1.98. The van der Waals surface area contributed by atoms with Gasteiger partial charge in [0.05, 0.1) is 11.8 Å². The molecule has 0 saturated carbocycles. The number of furan rings is 1. The highest BCUT2D eigenvalue weighted by molar-refractivity contribution is 6.24. The van der Waals surface area contributed by atoms with E-state index in [-0.39, 0.29) is 5.91 Å². The molecule has 2 rings (SSSR count). The molecule has 0 bridgehead atoms. The van der Waals surface area contributed by atoms with Gasteiger partial charge in [0.1, 0.15) is 5.76 Å². The van der Waals surface area contributed by atoms with Crippen molar-refractivity contribution in [3.8, 4) is 0 Å². The van der Waals surface area contributed by atoms with Crippen molar-refractivity contribution in [3.05, 3.63) is 60.1 Å². The van der Waals surface area contributed by atoms with Crippen LogP contribution in [0.15, 0.2) is 53.1 Å². The van der Waals surface area contributed by atoms with Crippen LogP contribution in [0.5, 0.6) is 0 Å². The molecule has 0 atom stereocenters. The summed E-state index contributed by atoms with van der Waals surface area (Å²) in [6.45, 7) is 4.96. The molecule has 1 amide bonds. The average Bonchev–Trinajstić information content (AvgIpc) is 2.98. The maximum atomic E-state index is 12.4. The van der Waals surface area contributed by atoms with Crippen LogP contribution in [0.4, 0.5) is 0 Å². The number of hydrogen-bond acceptors (Lipinski definition) is 2. The van der Waals surface area contributed by atoms with E-state index in [0.29, 0.717) is 23.8 Å². The summed E-state index contributed by atoms with van der Waals surface area (Å²) >= 11 is 0. The average molecular weight is 283 g/mol. The third-order valence-corrected chi connectivity index (χ3v) is 3.17. The summed E-state index contributed by atoms with van der Waals surface area (Å²) in [5.41, 5.74) is 1.50. The van der Waals surface area contributed by atoms with Crippen molar-refractivity contribution in [1.29, 1.82) is 0 Å². The zero-order chi connectivity index (χ0) is 15.1. The van der Waals surface area contributed by atoms with Gasteiger partial charge in [-0.2, -0.15) is 0 Å². The molecular weight excluding hydrogens is 262 g/mol. The smallest absolute Gasteiger partial charge is 0.252 e.